The minimum absolute atomic E-state index is 0.254. The van der Waals surface area contributed by atoms with E-state index in [0.29, 0.717) is 28.6 Å². The molecule has 0 saturated carbocycles. The van der Waals surface area contributed by atoms with E-state index in [4.69, 9.17) is 4.74 Å². The first kappa shape index (κ1) is 20.5. The van der Waals surface area contributed by atoms with Crippen molar-refractivity contribution in [2.24, 2.45) is 0 Å². The molecule has 1 aromatic carbocycles. The van der Waals surface area contributed by atoms with E-state index in [1.807, 2.05) is 55.8 Å². The summed E-state index contributed by atoms with van der Waals surface area (Å²) in [5, 5.41) is 11.9. The smallest absolute Gasteiger partial charge is 0.238 e. The molecule has 158 valence electrons. The lowest BCUT2D eigenvalue weighted by Crippen LogP contribution is -2.11. The number of halogens is 1. The number of ether oxygens (including phenoxy) is 1. The Morgan fingerprint density at radius 3 is 2.55 bits per heavy atom. The van der Waals surface area contributed by atoms with Gasteiger partial charge in [-0.3, -0.25) is 0 Å². The van der Waals surface area contributed by atoms with Crippen molar-refractivity contribution in [2.75, 3.05) is 12.4 Å². The highest BCUT2D eigenvalue weighted by molar-refractivity contribution is 5.61. The second kappa shape index (κ2) is 8.51. The predicted molar refractivity (Wildman–Crippen MR) is 117 cm³/mol. The molecule has 0 saturated heterocycles. The molecule has 3 aromatic heterocycles. The fourth-order valence-corrected chi connectivity index (χ4v) is 3.34. The largest absolute Gasteiger partial charge is 0.479 e. The lowest BCUT2D eigenvalue weighted by molar-refractivity contribution is 0.396. The van der Waals surface area contributed by atoms with Gasteiger partial charge in [-0.25, -0.2) is 14.4 Å². The minimum Gasteiger partial charge on any atom is -0.479 e. The highest BCUT2D eigenvalue weighted by Gasteiger charge is 2.15. The molecule has 31 heavy (non-hydrogen) atoms. The van der Waals surface area contributed by atoms with E-state index in [-0.39, 0.29) is 11.9 Å². The summed E-state index contributed by atoms with van der Waals surface area (Å²) in [6.07, 6.45) is 3.62. The standard InChI is InChI=1S/C23H23FN6O/c1-14-11-20(28-29-22(14)26-16(3)17-7-5-6-8-18(17)24)19-9-10-21(23(27-19)31-4)30-12-15(2)25-13-30/h5-13,16H,1-4H3,(H,26,29). The lowest BCUT2D eigenvalue weighted by Gasteiger charge is -2.17. The van der Waals surface area contributed by atoms with E-state index < -0.39 is 0 Å². The maximum atomic E-state index is 14.1. The summed E-state index contributed by atoms with van der Waals surface area (Å²) in [5.74, 6) is 0.802. The third kappa shape index (κ3) is 4.23. The summed E-state index contributed by atoms with van der Waals surface area (Å²) >= 11 is 0. The highest BCUT2D eigenvalue weighted by atomic mass is 19.1. The van der Waals surface area contributed by atoms with Crippen molar-refractivity contribution in [1.29, 1.82) is 0 Å². The van der Waals surface area contributed by atoms with E-state index in [2.05, 4.69) is 25.5 Å². The third-order valence-electron chi connectivity index (χ3n) is 5.00. The SMILES string of the molecule is COc1nc(-c2cc(C)c(NC(C)c3ccccc3F)nn2)ccc1-n1cnc(C)c1. The van der Waals surface area contributed by atoms with Crippen molar-refractivity contribution >= 4 is 5.82 Å². The Morgan fingerprint density at radius 1 is 1.06 bits per heavy atom. The van der Waals surface area contributed by atoms with Crippen LogP contribution < -0.4 is 10.1 Å². The maximum absolute atomic E-state index is 14.1. The molecule has 1 N–H and O–H groups in total. The fraction of sp³-hybridized carbons (Fsp3) is 0.217. The zero-order chi connectivity index (χ0) is 22.0. The number of hydrogen-bond acceptors (Lipinski definition) is 6. The van der Waals surface area contributed by atoms with Crippen molar-refractivity contribution in [1.82, 2.24) is 24.7 Å². The van der Waals surface area contributed by atoms with E-state index in [9.17, 15) is 4.39 Å². The summed E-state index contributed by atoms with van der Waals surface area (Å²) in [5.41, 5.74) is 4.40. The first-order valence-corrected chi connectivity index (χ1v) is 9.88. The molecular formula is C23H23FN6O. The topological polar surface area (TPSA) is 77.8 Å². The number of nitrogens with zero attached hydrogens (tertiary/aromatic N) is 5. The van der Waals surface area contributed by atoms with Crippen LogP contribution in [-0.2, 0) is 0 Å². The van der Waals surface area contributed by atoms with Crippen LogP contribution in [0.15, 0.2) is 55.0 Å². The Balaban J connectivity index is 1.60. The van der Waals surface area contributed by atoms with Crippen molar-refractivity contribution in [3.8, 4) is 23.0 Å². The quantitative estimate of drug-likeness (QED) is 0.491. The van der Waals surface area contributed by atoms with Gasteiger partial charge in [0.25, 0.3) is 0 Å². The second-order valence-corrected chi connectivity index (χ2v) is 7.30. The van der Waals surface area contributed by atoms with Crippen LogP contribution in [0, 0.1) is 19.7 Å². The summed E-state index contributed by atoms with van der Waals surface area (Å²) in [6.45, 7) is 5.73. The van der Waals surface area contributed by atoms with Gasteiger partial charge in [-0.15, -0.1) is 10.2 Å². The third-order valence-corrected chi connectivity index (χ3v) is 5.00. The van der Waals surface area contributed by atoms with E-state index in [1.165, 1.54) is 6.07 Å². The zero-order valence-electron chi connectivity index (χ0n) is 17.8. The summed E-state index contributed by atoms with van der Waals surface area (Å²) < 4.78 is 21.4. The number of anilines is 1. The summed E-state index contributed by atoms with van der Waals surface area (Å²) in [7, 11) is 1.58. The van der Waals surface area contributed by atoms with Crippen LogP contribution in [0.2, 0.25) is 0 Å². The van der Waals surface area contributed by atoms with Crippen molar-refractivity contribution in [3.63, 3.8) is 0 Å². The number of aryl methyl sites for hydroxylation is 2. The number of hydrogen-bond donors (Lipinski definition) is 1. The predicted octanol–water partition coefficient (Wildman–Crippen LogP) is 4.66. The van der Waals surface area contributed by atoms with Crippen molar-refractivity contribution < 1.29 is 9.13 Å². The summed E-state index contributed by atoms with van der Waals surface area (Å²) in [6, 6.07) is 12.1. The zero-order valence-corrected chi connectivity index (χ0v) is 17.8. The first-order chi connectivity index (χ1) is 15.0. The lowest BCUT2D eigenvalue weighted by atomic mass is 10.1. The Hall–Kier alpha value is -3.81. The number of benzene rings is 1. The van der Waals surface area contributed by atoms with Crippen LogP contribution in [0.1, 0.15) is 29.8 Å². The summed E-state index contributed by atoms with van der Waals surface area (Å²) in [4.78, 5) is 8.84. The van der Waals surface area contributed by atoms with Crippen LogP contribution in [0.4, 0.5) is 10.2 Å². The molecule has 0 aliphatic carbocycles. The van der Waals surface area contributed by atoms with Crippen LogP contribution >= 0.6 is 0 Å². The number of methoxy groups -OCH3 is 1. The van der Waals surface area contributed by atoms with Gasteiger partial charge in [0.2, 0.25) is 5.88 Å². The molecule has 0 aliphatic rings. The van der Waals surface area contributed by atoms with Gasteiger partial charge in [0.15, 0.2) is 5.82 Å². The normalized spacial score (nSPS) is 11.9. The first-order valence-electron chi connectivity index (χ1n) is 9.88. The number of rotatable bonds is 6. The van der Waals surface area contributed by atoms with Crippen LogP contribution in [0.5, 0.6) is 5.88 Å². The van der Waals surface area contributed by atoms with Crippen molar-refractivity contribution in [3.05, 3.63) is 77.6 Å². The van der Waals surface area contributed by atoms with Gasteiger partial charge in [-0.2, -0.15) is 0 Å². The maximum Gasteiger partial charge on any atom is 0.238 e. The average Bonchev–Trinajstić information content (AvgIpc) is 3.21. The van der Waals surface area contributed by atoms with E-state index in [0.717, 1.165) is 16.9 Å². The Morgan fingerprint density at radius 2 is 1.87 bits per heavy atom. The average molecular weight is 418 g/mol. The van der Waals surface area contributed by atoms with E-state index in [1.54, 1.807) is 25.6 Å². The molecule has 7 nitrogen and oxygen atoms in total. The second-order valence-electron chi connectivity index (χ2n) is 7.30. The van der Waals surface area contributed by atoms with Gasteiger partial charge in [0.05, 0.1) is 30.9 Å². The van der Waals surface area contributed by atoms with Gasteiger partial charge in [0.1, 0.15) is 17.2 Å². The Bertz CT molecular complexity index is 1220. The van der Waals surface area contributed by atoms with Crippen LogP contribution in [-0.4, -0.2) is 31.8 Å². The molecule has 1 unspecified atom stereocenters. The van der Waals surface area contributed by atoms with Crippen LogP contribution in [0.3, 0.4) is 0 Å². The number of nitrogens with one attached hydrogen (secondary N) is 1. The molecule has 3 heterocycles. The fourth-order valence-electron chi connectivity index (χ4n) is 3.34. The molecule has 0 spiro atoms. The molecule has 0 amide bonds. The van der Waals surface area contributed by atoms with E-state index >= 15 is 0 Å². The molecule has 4 rings (SSSR count). The Labute approximate surface area is 180 Å². The number of aromatic nitrogens is 5. The molecule has 0 aliphatic heterocycles. The monoisotopic (exact) mass is 418 g/mol. The molecular weight excluding hydrogens is 395 g/mol. The van der Waals surface area contributed by atoms with Gasteiger partial charge in [0, 0.05) is 11.8 Å². The van der Waals surface area contributed by atoms with Crippen molar-refractivity contribution in [2.45, 2.75) is 26.8 Å². The minimum atomic E-state index is -0.255. The number of imidazole rings is 1. The van der Waals surface area contributed by atoms with Gasteiger partial charge < -0.3 is 14.6 Å². The van der Waals surface area contributed by atoms with Crippen LogP contribution in [0.25, 0.3) is 17.1 Å². The molecule has 0 bridgehead atoms. The highest BCUT2D eigenvalue weighted by Crippen LogP contribution is 2.27. The Kier molecular flexibility index (Phi) is 5.62. The molecule has 4 aromatic rings. The van der Waals surface area contributed by atoms with Gasteiger partial charge >= 0.3 is 0 Å². The van der Waals surface area contributed by atoms with Gasteiger partial charge in [-0.1, -0.05) is 18.2 Å². The molecule has 0 radical (unpaired) electrons. The molecule has 0 fully saturated rings. The molecule has 1 atom stereocenters. The van der Waals surface area contributed by atoms with Gasteiger partial charge in [-0.05, 0) is 50.6 Å². The number of pyridine rings is 1. The molecule has 8 heteroatoms.